The quantitative estimate of drug-likeness (QED) is 0.811. The minimum absolute atomic E-state index is 0.223. The van der Waals surface area contributed by atoms with Crippen LogP contribution < -0.4 is 20.1 Å². The number of rotatable bonds is 7. The molecule has 0 spiro atoms. The largest absolute Gasteiger partial charge is 0.493 e. The molecule has 0 heterocycles. The van der Waals surface area contributed by atoms with Crippen LogP contribution in [0.3, 0.4) is 0 Å². The summed E-state index contributed by atoms with van der Waals surface area (Å²) in [7, 11) is 3.10. The summed E-state index contributed by atoms with van der Waals surface area (Å²) < 4.78 is 10.9. The third kappa shape index (κ3) is 5.10. The van der Waals surface area contributed by atoms with Gasteiger partial charge in [-0.15, -0.1) is 0 Å². The van der Waals surface area contributed by atoms with Crippen LogP contribution in [0.5, 0.6) is 11.5 Å². The van der Waals surface area contributed by atoms with E-state index in [4.69, 9.17) is 21.1 Å². The molecule has 1 amide bonds. The zero-order valence-corrected chi connectivity index (χ0v) is 13.9. The molecule has 1 aromatic carbocycles. The van der Waals surface area contributed by atoms with Gasteiger partial charge >= 0.3 is 0 Å². The lowest BCUT2D eigenvalue weighted by molar-refractivity contribution is -0.126. The van der Waals surface area contributed by atoms with Gasteiger partial charge < -0.3 is 20.1 Å². The van der Waals surface area contributed by atoms with Crippen LogP contribution in [0.1, 0.15) is 26.3 Å². The molecule has 1 aromatic rings. The maximum atomic E-state index is 11.5. The third-order valence-corrected chi connectivity index (χ3v) is 3.19. The molecular formula is C15H23ClN2O3. The van der Waals surface area contributed by atoms with Gasteiger partial charge in [-0.25, -0.2) is 0 Å². The normalized spacial score (nSPS) is 12.1. The highest BCUT2D eigenvalue weighted by Gasteiger charge is 2.19. The Morgan fingerprint density at radius 1 is 1.33 bits per heavy atom. The Hall–Kier alpha value is -1.46. The predicted molar refractivity (Wildman–Crippen MR) is 84.1 cm³/mol. The number of nitrogens with one attached hydrogen (secondary N) is 2. The van der Waals surface area contributed by atoms with Crippen LogP contribution in [0.15, 0.2) is 12.1 Å². The average molecular weight is 315 g/mol. The van der Waals surface area contributed by atoms with Crippen LogP contribution in [-0.4, -0.2) is 32.2 Å². The number of ether oxygens (including phenoxy) is 2. The van der Waals surface area contributed by atoms with Crippen LogP contribution in [-0.2, 0) is 11.3 Å². The fourth-order valence-corrected chi connectivity index (χ4v) is 2.02. The van der Waals surface area contributed by atoms with Crippen LogP contribution in [0.25, 0.3) is 0 Å². The first-order chi connectivity index (χ1) is 9.88. The molecule has 0 aliphatic heterocycles. The Bertz CT molecular complexity index is 492. The van der Waals surface area contributed by atoms with Crippen molar-refractivity contribution < 1.29 is 14.3 Å². The van der Waals surface area contributed by atoms with E-state index in [1.807, 2.05) is 12.1 Å². The van der Waals surface area contributed by atoms with Gasteiger partial charge in [0.2, 0.25) is 0 Å². The van der Waals surface area contributed by atoms with Crippen LogP contribution in [0, 0.1) is 0 Å². The molecule has 0 aliphatic rings. The standard InChI is InChI=1S/C15H23ClN2O3/c1-9(2)18-8-11-6-12(16)14(13(7-11)20-5)21-10(3)15(19)17-4/h6-7,9-10,18H,8H2,1-5H3,(H,17,19). The summed E-state index contributed by atoms with van der Waals surface area (Å²) in [4.78, 5) is 11.5. The highest BCUT2D eigenvalue weighted by Crippen LogP contribution is 2.37. The lowest BCUT2D eigenvalue weighted by Gasteiger charge is -2.18. The summed E-state index contributed by atoms with van der Waals surface area (Å²) in [6, 6.07) is 4.04. The molecule has 0 radical (unpaired) electrons. The monoisotopic (exact) mass is 314 g/mol. The molecule has 0 bridgehead atoms. The number of hydrogen-bond acceptors (Lipinski definition) is 4. The SMILES string of the molecule is CNC(=O)C(C)Oc1c(Cl)cc(CNC(C)C)cc1OC. The first kappa shape index (κ1) is 17.6. The van der Waals surface area contributed by atoms with E-state index < -0.39 is 6.10 Å². The molecule has 0 aromatic heterocycles. The average Bonchev–Trinajstić information content (AvgIpc) is 2.46. The topological polar surface area (TPSA) is 59.6 Å². The van der Waals surface area contributed by atoms with E-state index in [1.165, 1.54) is 0 Å². The fourth-order valence-electron chi connectivity index (χ4n) is 1.75. The van der Waals surface area contributed by atoms with Crippen LogP contribution in [0.2, 0.25) is 5.02 Å². The molecule has 0 aliphatic carbocycles. The highest BCUT2D eigenvalue weighted by molar-refractivity contribution is 6.32. The van der Waals surface area contributed by atoms with Crippen LogP contribution in [0.4, 0.5) is 0 Å². The second-order valence-electron chi connectivity index (χ2n) is 5.02. The molecule has 0 saturated heterocycles. The molecule has 1 rings (SSSR count). The third-order valence-electron chi connectivity index (χ3n) is 2.91. The van der Waals surface area contributed by atoms with Gasteiger partial charge in [0.25, 0.3) is 5.91 Å². The Morgan fingerprint density at radius 2 is 2.00 bits per heavy atom. The molecule has 21 heavy (non-hydrogen) atoms. The first-order valence-electron chi connectivity index (χ1n) is 6.87. The van der Waals surface area contributed by atoms with Crippen LogP contribution >= 0.6 is 11.6 Å². The maximum Gasteiger partial charge on any atom is 0.260 e. The van der Waals surface area contributed by atoms with Crippen molar-refractivity contribution in [2.24, 2.45) is 0 Å². The Kier molecular flexibility index (Phi) is 6.78. The summed E-state index contributed by atoms with van der Waals surface area (Å²) in [6.07, 6.45) is -0.652. The molecule has 5 nitrogen and oxygen atoms in total. The van der Waals surface area contributed by atoms with Crippen molar-refractivity contribution in [1.29, 1.82) is 0 Å². The zero-order valence-electron chi connectivity index (χ0n) is 13.1. The molecule has 118 valence electrons. The van der Waals surface area contributed by atoms with E-state index >= 15 is 0 Å². The highest BCUT2D eigenvalue weighted by atomic mass is 35.5. The molecule has 0 saturated carbocycles. The van der Waals surface area contributed by atoms with Crippen molar-refractivity contribution in [2.45, 2.75) is 39.5 Å². The van der Waals surface area contributed by atoms with Crippen molar-refractivity contribution in [3.63, 3.8) is 0 Å². The fraction of sp³-hybridized carbons (Fsp3) is 0.533. The predicted octanol–water partition coefficient (Wildman–Crippen LogP) is 2.36. The summed E-state index contributed by atoms with van der Waals surface area (Å²) in [5.41, 5.74) is 0.991. The lowest BCUT2D eigenvalue weighted by atomic mass is 10.2. The molecule has 1 atom stereocenters. The summed E-state index contributed by atoms with van der Waals surface area (Å²) in [6.45, 7) is 6.48. The Morgan fingerprint density at radius 3 is 2.52 bits per heavy atom. The zero-order chi connectivity index (χ0) is 16.0. The molecule has 2 N–H and O–H groups in total. The number of methoxy groups -OCH3 is 1. The van der Waals surface area contributed by atoms with E-state index in [-0.39, 0.29) is 5.91 Å². The van der Waals surface area contributed by atoms with Gasteiger partial charge in [-0.3, -0.25) is 4.79 Å². The number of carbonyl (C=O) groups excluding carboxylic acids is 1. The van der Waals surface area contributed by atoms with Gasteiger partial charge in [-0.1, -0.05) is 25.4 Å². The molecule has 6 heteroatoms. The van der Waals surface area contributed by atoms with Crippen molar-refractivity contribution in [3.8, 4) is 11.5 Å². The molecule has 1 unspecified atom stereocenters. The van der Waals surface area contributed by atoms with Gasteiger partial charge in [0, 0.05) is 19.6 Å². The van der Waals surface area contributed by atoms with E-state index in [0.717, 1.165) is 5.56 Å². The van der Waals surface area contributed by atoms with Crippen molar-refractivity contribution in [1.82, 2.24) is 10.6 Å². The smallest absolute Gasteiger partial charge is 0.260 e. The van der Waals surface area contributed by atoms with Crippen molar-refractivity contribution in [3.05, 3.63) is 22.7 Å². The minimum Gasteiger partial charge on any atom is -0.493 e. The number of hydrogen-bond donors (Lipinski definition) is 2. The maximum absolute atomic E-state index is 11.5. The second kappa shape index (κ2) is 8.10. The number of benzene rings is 1. The summed E-state index contributed by atoms with van der Waals surface area (Å²) >= 11 is 6.26. The van der Waals surface area contributed by atoms with Crippen molar-refractivity contribution in [2.75, 3.05) is 14.2 Å². The number of amides is 1. The van der Waals surface area contributed by atoms with E-state index in [0.29, 0.717) is 29.1 Å². The van der Waals surface area contributed by atoms with Gasteiger partial charge in [0.05, 0.1) is 12.1 Å². The minimum atomic E-state index is -0.652. The van der Waals surface area contributed by atoms with E-state index in [9.17, 15) is 4.79 Å². The Labute approximate surface area is 131 Å². The van der Waals surface area contributed by atoms with E-state index in [2.05, 4.69) is 24.5 Å². The number of halogens is 1. The van der Waals surface area contributed by atoms with Gasteiger partial charge in [0.15, 0.2) is 17.6 Å². The lowest BCUT2D eigenvalue weighted by Crippen LogP contribution is -2.33. The molecular weight excluding hydrogens is 292 g/mol. The summed E-state index contributed by atoms with van der Waals surface area (Å²) in [5, 5.41) is 6.26. The number of likely N-dealkylation sites (N-methyl/N-ethyl adjacent to an activating group) is 1. The van der Waals surface area contributed by atoms with Gasteiger partial charge in [-0.05, 0) is 24.6 Å². The van der Waals surface area contributed by atoms with Crippen molar-refractivity contribution >= 4 is 17.5 Å². The first-order valence-corrected chi connectivity index (χ1v) is 7.24. The van der Waals surface area contributed by atoms with Gasteiger partial charge in [-0.2, -0.15) is 0 Å². The second-order valence-corrected chi connectivity index (χ2v) is 5.43. The molecule has 0 fully saturated rings. The summed E-state index contributed by atoms with van der Waals surface area (Å²) in [5.74, 6) is 0.668. The van der Waals surface area contributed by atoms with E-state index in [1.54, 1.807) is 21.1 Å². The number of carbonyl (C=O) groups is 1. The van der Waals surface area contributed by atoms with Gasteiger partial charge in [0.1, 0.15) is 0 Å². The Balaban J connectivity index is 2.96.